The molecule has 0 heterocycles. The van der Waals surface area contributed by atoms with Crippen LogP contribution in [0.15, 0.2) is 18.2 Å². The number of carboxylic acids is 1. The summed E-state index contributed by atoms with van der Waals surface area (Å²) < 4.78 is 31.1. The molecular formula is C27H39NO11. The van der Waals surface area contributed by atoms with Gasteiger partial charge in [-0.15, -0.1) is 0 Å². The highest BCUT2D eigenvalue weighted by atomic mass is 16.7. The third-order valence-corrected chi connectivity index (χ3v) is 6.05. The van der Waals surface area contributed by atoms with E-state index in [1.54, 1.807) is 13.8 Å². The zero-order chi connectivity index (χ0) is 28.8. The molecule has 12 nitrogen and oxygen atoms in total. The van der Waals surface area contributed by atoms with Gasteiger partial charge in [0.2, 0.25) is 0 Å². The van der Waals surface area contributed by atoms with Gasteiger partial charge in [-0.3, -0.25) is 4.79 Å². The molecule has 39 heavy (non-hydrogen) atoms. The van der Waals surface area contributed by atoms with Gasteiger partial charge in [0.25, 0.3) is 0 Å². The Hall–Kier alpha value is -3.54. The molecule has 1 aliphatic rings. The molecule has 0 aliphatic heterocycles. The largest absolute Gasteiger partial charge is 0.513 e. The smallest absolute Gasteiger partial charge is 0.480 e. The molecular weight excluding hydrogens is 514 g/mol. The Kier molecular flexibility index (Phi) is 13.3. The lowest BCUT2D eigenvalue weighted by Crippen LogP contribution is -2.38. The Labute approximate surface area is 228 Å². The van der Waals surface area contributed by atoms with Gasteiger partial charge in [-0.1, -0.05) is 26.3 Å². The summed E-state index contributed by atoms with van der Waals surface area (Å²) in [5.74, 6) is -2.51. The average molecular weight is 554 g/mol. The van der Waals surface area contributed by atoms with Crippen molar-refractivity contribution in [3.05, 3.63) is 23.8 Å². The molecule has 1 fully saturated rings. The first-order valence-corrected chi connectivity index (χ1v) is 13.3. The zero-order valence-electron chi connectivity index (χ0n) is 22.7. The van der Waals surface area contributed by atoms with E-state index in [9.17, 15) is 24.3 Å². The Balaban J connectivity index is 2.24. The summed E-state index contributed by atoms with van der Waals surface area (Å²) in [4.78, 5) is 48.3. The maximum Gasteiger partial charge on any atom is 0.513 e. The molecule has 1 aromatic rings. The second-order valence-corrected chi connectivity index (χ2v) is 9.37. The van der Waals surface area contributed by atoms with Crippen molar-refractivity contribution in [1.29, 1.82) is 0 Å². The van der Waals surface area contributed by atoms with Gasteiger partial charge in [-0.2, -0.15) is 0 Å². The number of aliphatic carboxylic acids is 1. The van der Waals surface area contributed by atoms with Gasteiger partial charge < -0.3 is 39.3 Å². The fourth-order valence-corrected chi connectivity index (χ4v) is 4.11. The number of ether oxygens (including phenoxy) is 6. The zero-order valence-corrected chi connectivity index (χ0v) is 22.7. The minimum Gasteiger partial charge on any atom is -0.480 e. The van der Waals surface area contributed by atoms with Crippen LogP contribution in [0.5, 0.6) is 11.5 Å². The van der Waals surface area contributed by atoms with Crippen LogP contribution in [0.2, 0.25) is 0 Å². The molecule has 0 amide bonds. The maximum atomic E-state index is 12.3. The average Bonchev–Trinajstić information content (AvgIpc) is 2.90. The van der Waals surface area contributed by atoms with Gasteiger partial charge in [-0.05, 0) is 69.6 Å². The van der Waals surface area contributed by atoms with Crippen LogP contribution >= 0.6 is 0 Å². The third-order valence-electron chi connectivity index (χ3n) is 6.05. The number of carbonyl (C=O) groups is 4. The molecule has 0 spiro atoms. The van der Waals surface area contributed by atoms with Crippen molar-refractivity contribution in [2.45, 2.75) is 96.3 Å². The van der Waals surface area contributed by atoms with E-state index in [0.29, 0.717) is 18.4 Å². The van der Waals surface area contributed by atoms with E-state index < -0.39 is 42.5 Å². The van der Waals surface area contributed by atoms with Crippen LogP contribution < -0.4 is 15.2 Å². The first kappa shape index (κ1) is 31.7. The molecule has 0 aromatic heterocycles. The molecule has 1 aromatic carbocycles. The molecule has 1 aliphatic carbocycles. The number of carbonyl (C=O) groups excluding carboxylic acids is 3. The molecule has 0 bridgehead atoms. The van der Waals surface area contributed by atoms with E-state index in [1.165, 1.54) is 18.2 Å². The van der Waals surface area contributed by atoms with Crippen LogP contribution in [0.4, 0.5) is 14.4 Å². The minimum absolute atomic E-state index is 0.0195. The topological polar surface area (TPSA) is 170 Å². The molecule has 0 saturated heterocycles. The van der Waals surface area contributed by atoms with Crippen molar-refractivity contribution >= 4 is 24.4 Å². The molecule has 1 saturated carbocycles. The number of rotatable bonds is 13. The Bertz CT molecular complexity index is 961. The normalized spacial score (nSPS) is 15.8. The fraction of sp³-hybridized carbons (Fsp3) is 0.630. The highest BCUT2D eigenvalue weighted by Gasteiger charge is 2.31. The monoisotopic (exact) mass is 553 g/mol. The second-order valence-electron chi connectivity index (χ2n) is 9.37. The molecule has 218 valence electrons. The minimum atomic E-state index is -1.40. The van der Waals surface area contributed by atoms with Crippen molar-refractivity contribution in [1.82, 2.24) is 0 Å². The van der Waals surface area contributed by atoms with E-state index in [4.69, 9.17) is 34.2 Å². The molecule has 12 heteroatoms. The summed E-state index contributed by atoms with van der Waals surface area (Å²) in [6, 6.07) is 2.74. The highest BCUT2D eigenvalue weighted by Crippen LogP contribution is 2.35. The summed E-state index contributed by atoms with van der Waals surface area (Å²) in [7, 11) is 0. The third kappa shape index (κ3) is 11.0. The molecule has 2 rings (SSSR count). The van der Waals surface area contributed by atoms with Gasteiger partial charge in [0.15, 0.2) is 11.5 Å². The van der Waals surface area contributed by atoms with Crippen LogP contribution in [0.25, 0.3) is 0 Å². The van der Waals surface area contributed by atoms with Crippen LogP contribution in [0, 0.1) is 0 Å². The van der Waals surface area contributed by atoms with E-state index in [2.05, 4.69) is 0 Å². The Morgan fingerprint density at radius 3 is 2.08 bits per heavy atom. The van der Waals surface area contributed by atoms with Crippen LogP contribution in [0.1, 0.15) is 83.6 Å². The lowest BCUT2D eigenvalue weighted by atomic mass is 9.87. The van der Waals surface area contributed by atoms with E-state index in [1.807, 2.05) is 6.92 Å². The van der Waals surface area contributed by atoms with Gasteiger partial charge in [-0.25, -0.2) is 14.4 Å². The predicted molar refractivity (Wildman–Crippen MR) is 138 cm³/mol. The Morgan fingerprint density at radius 2 is 1.51 bits per heavy atom. The van der Waals surface area contributed by atoms with Gasteiger partial charge in [0.1, 0.15) is 18.2 Å². The van der Waals surface area contributed by atoms with Gasteiger partial charge >= 0.3 is 24.4 Å². The summed E-state index contributed by atoms with van der Waals surface area (Å²) in [6.07, 6.45) is 1.95. The number of nitrogens with two attached hydrogens (primary N) is 1. The summed E-state index contributed by atoms with van der Waals surface area (Å²) in [5, 5.41) is 9.64. The Morgan fingerprint density at radius 1 is 0.923 bits per heavy atom. The first-order valence-electron chi connectivity index (χ1n) is 13.3. The number of carboxylic acid groups (broad SMARTS) is 1. The van der Waals surface area contributed by atoms with Crippen molar-refractivity contribution in [2.24, 2.45) is 5.73 Å². The van der Waals surface area contributed by atoms with E-state index in [-0.39, 0.29) is 37.2 Å². The maximum absolute atomic E-state index is 12.3. The SMILES string of the molecule is CCCOC(=O)Oc1ccc(C(CC(C)OC(=O)OC2CCCCC2)[C@H](N)C(=O)O)cc1OC(=O)OCCC. The summed E-state index contributed by atoms with van der Waals surface area (Å²) >= 11 is 0. The van der Waals surface area contributed by atoms with Crippen molar-refractivity contribution < 1.29 is 52.7 Å². The van der Waals surface area contributed by atoms with E-state index >= 15 is 0 Å². The number of hydrogen-bond acceptors (Lipinski definition) is 11. The summed E-state index contributed by atoms with van der Waals surface area (Å²) in [6.45, 7) is 5.45. The van der Waals surface area contributed by atoms with Crippen LogP contribution in [-0.4, -0.2) is 61.0 Å². The lowest BCUT2D eigenvalue weighted by molar-refractivity contribution is -0.139. The standard InChI is InChI=1S/C27H39NO11/c1-4-13-34-25(31)38-21-12-11-18(16-22(21)39-26(32)35-14-5-2)20(23(28)24(29)30)15-17(3)36-27(33)37-19-9-7-6-8-10-19/h11-12,16-17,19-20,23H,4-10,13-15,28H2,1-3H3,(H,29,30)/t17?,20?,23-/m0/s1. The quantitative estimate of drug-likeness (QED) is 0.184. The first-order chi connectivity index (χ1) is 18.6. The summed E-state index contributed by atoms with van der Waals surface area (Å²) in [5.41, 5.74) is 6.34. The van der Waals surface area contributed by atoms with Crippen LogP contribution in [-0.2, 0) is 23.7 Å². The van der Waals surface area contributed by atoms with Crippen molar-refractivity contribution in [3.8, 4) is 11.5 Å². The molecule has 3 N–H and O–H groups in total. The molecule has 2 unspecified atom stereocenters. The number of benzene rings is 1. The lowest BCUT2D eigenvalue weighted by Gasteiger charge is -2.26. The number of hydrogen-bond donors (Lipinski definition) is 2. The fourth-order valence-electron chi connectivity index (χ4n) is 4.11. The predicted octanol–water partition coefficient (Wildman–Crippen LogP) is 5.30. The van der Waals surface area contributed by atoms with E-state index in [0.717, 1.165) is 32.1 Å². The highest BCUT2D eigenvalue weighted by molar-refractivity contribution is 5.75. The molecule has 3 atom stereocenters. The van der Waals surface area contributed by atoms with Gasteiger partial charge in [0.05, 0.1) is 13.2 Å². The second kappa shape index (κ2) is 16.4. The molecule has 0 radical (unpaired) electrons. The van der Waals surface area contributed by atoms with Crippen molar-refractivity contribution in [3.63, 3.8) is 0 Å². The van der Waals surface area contributed by atoms with Crippen LogP contribution in [0.3, 0.4) is 0 Å². The van der Waals surface area contributed by atoms with Gasteiger partial charge in [0, 0.05) is 5.92 Å². The van der Waals surface area contributed by atoms with Crippen molar-refractivity contribution in [2.75, 3.05) is 13.2 Å².